The summed E-state index contributed by atoms with van der Waals surface area (Å²) in [6, 6.07) is 12.5. The number of nitrogens with one attached hydrogen (secondary N) is 1. The minimum absolute atomic E-state index is 0.136. The molecule has 0 aromatic heterocycles. The van der Waals surface area contributed by atoms with Gasteiger partial charge in [-0.25, -0.2) is 0 Å². The van der Waals surface area contributed by atoms with Crippen LogP contribution in [0.4, 0.5) is 0 Å². The van der Waals surface area contributed by atoms with Crippen LogP contribution in [0.5, 0.6) is 0 Å². The second-order valence-corrected chi connectivity index (χ2v) is 7.91. The molecule has 0 aliphatic carbocycles. The van der Waals surface area contributed by atoms with Gasteiger partial charge in [0.2, 0.25) is 11.8 Å². The monoisotopic (exact) mass is 434 g/mol. The van der Waals surface area contributed by atoms with Crippen molar-refractivity contribution in [2.45, 2.75) is 52.6 Å². The van der Waals surface area contributed by atoms with Gasteiger partial charge >= 0.3 is 0 Å². The number of hydrogen-bond donors (Lipinski definition) is 1. The summed E-state index contributed by atoms with van der Waals surface area (Å²) in [4.78, 5) is 27.6. The molecule has 1 N–H and O–H groups in total. The smallest absolute Gasteiger partial charge is 0.242 e. The van der Waals surface area contributed by atoms with E-state index in [9.17, 15) is 9.59 Å². The van der Waals surface area contributed by atoms with Gasteiger partial charge in [0.1, 0.15) is 6.04 Å². The number of hydrogen-bond acceptors (Lipinski definition) is 2. The van der Waals surface area contributed by atoms with Crippen molar-refractivity contribution in [3.05, 3.63) is 69.2 Å². The molecule has 0 unspecified atom stereocenters. The maximum absolute atomic E-state index is 13.3. The van der Waals surface area contributed by atoms with Gasteiger partial charge in [-0.1, -0.05) is 72.9 Å². The van der Waals surface area contributed by atoms with Gasteiger partial charge in [0.05, 0.1) is 6.42 Å². The molecule has 0 spiro atoms. The molecule has 0 aliphatic heterocycles. The van der Waals surface area contributed by atoms with E-state index in [1.807, 2.05) is 45.0 Å². The Bertz CT molecular complexity index is 817. The zero-order valence-electron chi connectivity index (χ0n) is 17.2. The van der Waals surface area contributed by atoms with Crippen LogP contribution in [0, 0.1) is 6.92 Å². The first-order valence-electron chi connectivity index (χ1n) is 9.92. The van der Waals surface area contributed by atoms with Crippen molar-refractivity contribution in [3.8, 4) is 0 Å². The van der Waals surface area contributed by atoms with Crippen LogP contribution in [0.25, 0.3) is 0 Å². The lowest BCUT2D eigenvalue weighted by Gasteiger charge is -2.31. The third-order valence-corrected chi connectivity index (χ3v) is 5.51. The molecular weight excluding hydrogens is 407 g/mol. The summed E-state index contributed by atoms with van der Waals surface area (Å²) in [5.74, 6) is -0.293. The fourth-order valence-corrected chi connectivity index (χ4v) is 3.64. The molecule has 1 atom stereocenters. The maximum atomic E-state index is 13.3. The third kappa shape index (κ3) is 6.48. The van der Waals surface area contributed by atoms with Crippen LogP contribution < -0.4 is 5.32 Å². The summed E-state index contributed by atoms with van der Waals surface area (Å²) < 4.78 is 0. The minimum Gasteiger partial charge on any atom is -0.354 e. The van der Waals surface area contributed by atoms with Crippen molar-refractivity contribution in [2.24, 2.45) is 0 Å². The van der Waals surface area contributed by atoms with E-state index in [4.69, 9.17) is 23.2 Å². The number of carbonyl (C=O) groups is 2. The average molecular weight is 435 g/mol. The Morgan fingerprint density at radius 1 is 1.03 bits per heavy atom. The van der Waals surface area contributed by atoms with Crippen LogP contribution in [-0.4, -0.2) is 29.3 Å². The predicted molar refractivity (Wildman–Crippen MR) is 119 cm³/mol. The second-order valence-electron chi connectivity index (χ2n) is 7.10. The average Bonchev–Trinajstić information content (AvgIpc) is 2.70. The lowest BCUT2D eigenvalue weighted by molar-refractivity contribution is -0.140. The molecule has 0 saturated heterocycles. The lowest BCUT2D eigenvalue weighted by atomic mass is 10.1. The van der Waals surface area contributed by atoms with Gasteiger partial charge < -0.3 is 10.2 Å². The number of aryl methyl sites for hydroxylation is 1. The molecule has 0 saturated carbocycles. The normalized spacial score (nSPS) is 11.8. The van der Waals surface area contributed by atoms with E-state index in [-0.39, 0.29) is 24.8 Å². The quantitative estimate of drug-likeness (QED) is 0.590. The van der Waals surface area contributed by atoms with Crippen LogP contribution in [0.1, 0.15) is 43.4 Å². The summed E-state index contributed by atoms with van der Waals surface area (Å²) in [5.41, 5.74) is 2.68. The van der Waals surface area contributed by atoms with Crippen LogP contribution in [-0.2, 0) is 22.6 Å². The molecule has 4 nitrogen and oxygen atoms in total. The van der Waals surface area contributed by atoms with E-state index in [1.54, 1.807) is 23.1 Å². The van der Waals surface area contributed by atoms with Crippen LogP contribution in [0.3, 0.4) is 0 Å². The number of benzene rings is 2. The highest BCUT2D eigenvalue weighted by molar-refractivity contribution is 6.36. The third-order valence-electron chi connectivity index (χ3n) is 4.80. The van der Waals surface area contributed by atoms with Crippen molar-refractivity contribution >= 4 is 35.0 Å². The van der Waals surface area contributed by atoms with Crippen molar-refractivity contribution in [1.82, 2.24) is 10.2 Å². The van der Waals surface area contributed by atoms with E-state index in [0.717, 1.165) is 17.5 Å². The first-order valence-corrected chi connectivity index (χ1v) is 10.7. The minimum atomic E-state index is -0.591. The summed E-state index contributed by atoms with van der Waals surface area (Å²) in [6.45, 7) is 6.65. The Kier molecular flexibility index (Phi) is 8.99. The number of halogens is 2. The van der Waals surface area contributed by atoms with Crippen molar-refractivity contribution in [3.63, 3.8) is 0 Å². The molecule has 0 aliphatic rings. The van der Waals surface area contributed by atoms with Gasteiger partial charge in [-0.2, -0.15) is 0 Å². The van der Waals surface area contributed by atoms with Crippen LogP contribution >= 0.6 is 23.2 Å². The molecule has 0 heterocycles. The molecule has 0 bridgehead atoms. The summed E-state index contributed by atoms with van der Waals surface area (Å²) in [6.07, 6.45) is 1.53. The molecule has 2 aromatic carbocycles. The van der Waals surface area contributed by atoms with Gasteiger partial charge in [0.15, 0.2) is 0 Å². The molecule has 156 valence electrons. The molecule has 2 amide bonds. The van der Waals surface area contributed by atoms with E-state index < -0.39 is 6.04 Å². The van der Waals surface area contributed by atoms with Crippen molar-refractivity contribution in [1.29, 1.82) is 0 Å². The summed E-state index contributed by atoms with van der Waals surface area (Å²) in [5, 5.41) is 3.87. The number of rotatable bonds is 9. The van der Waals surface area contributed by atoms with Crippen molar-refractivity contribution < 1.29 is 9.59 Å². The summed E-state index contributed by atoms with van der Waals surface area (Å²) in [7, 11) is 0. The topological polar surface area (TPSA) is 49.4 Å². The molecule has 0 radical (unpaired) electrons. The molecule has 2 rings (SSSR count). The molecule has 6 heteroatoms. The summed E-state index contributed by atoms with van der Waals surface area (Å²) >= 11 is 12.7. The van der Waals surface area contributed by atoms with Gasteiger partial charge in [0.25, 0.3) is 0 Å². The van der Waals surface area contributed by atoms with E-state index in [2.05, 4.69) is 5.32 Å². The zero-order valence-corrected chi connectivity index (χ0v) is 18.7. The maximum Gasteiger partial charge on any atom is 0.242 e. The van der Waals surface area contributed by atoms with Crippen LogP contribution in [0.2, 0.25) is 10.0 Å². The van der Waals surface area contributed by atoms with Gasteiger partial charge in [-0.15, -0.1) is 0 Å². The fourth-order valence-electron chi connectivity index (χ4n) is 3.12. The highest BCUT2D eigenvalue weighted by Gasteiger charge is 2.29. The number of carbonyl (C=O) groups excluding carboxylic acids is 2. The van der Waals surface area contributed by atoms with Gasteiger partial charge in [0, 0.05) is 28.7 Å². The van der Waals surface area contributed by atoms with Crippen molar-refractivity contribution in [2.75, 3.05) is 6.54 Å². The number of nitrogens with zero attached hydrogens (tertiary/aromatic N) is 1. The second kappa shape index (κ2) is 11.2. The molecule has 29 heavy (non-hydrogen) atoms. The Morgan fingerprint density at radius 3 is 2.21 bits per heavy atom. The Balaban J connectivity index is 2.33. The molecule has 0 fully saturated rings. The highest BCUT2D eigenvalue weighted by atomic mass is 35.5. The Hall–Kier alpha value is -2.04. The van der Waals surface area contributed by atoms with Gasteiger partial charge in [-0.05, 0) is 37.5 Å². The predicted octanol–water partition coefficient (Wildman–Crippen LogP) is 5.18. The standard InChI is InChI=1S/C23H28Cl2N2O2/c1-4-13-26-23(29)21(5-2)27(15-18-19(24)7-6-8-20(18)25)22(28)14-17-11-9-16(3)10-12-17/h6-12,21H,4-5,13-15H2,1-3H3,(H,26,29)/t21-/m1/s1. The number of amides is 2. The fraction of sp³-hybridized carbons (Fsp3) is 0.391. The molecular formula is C23H28Cl2N2O2. The van der Waals surface area contributed by atoms with E-state index >= 15 is 0 Å². The lowest BCUT2D eigenvalue weighted by Crippen LogP contribution is -2.49. The van der Waals surface area contributed by atoms with Crippen LogP contribution in [0.15, 0.2) is 42.5 Å². The van der Waals surface area contributed by atoms with E-state index in [0.29, 0.717) is 28.6 Å². The Labute approximate surface area is 183 Å². The van der Waals surface area contributed by atoms with Gasteiger partial charge in [-0.3, -0.25) is 9.59 Å². The largest absolute Gasteiger partial charge is 0.354 e. The highest BCUT2D eigenvalue weighted by Crippen LogP contribution is 2.27. The first-order chi connectivity index (χ1) is 13.9. The molecule has 2 aromatic rings. The Morgan fingerprint density at radius 2 is 1.66 bits per heavy atom. The zero-order chi connectivity index (χ0) is 21.4. The van der Waals surface area contributed by atoms with E-state index in [1.165, 1.54) is 0 Å². The first kappa shape index (κ1) is 23.2. The SMILES string of the molecule is CCCNC(=O)[C@@H](CC)N(Cc1c(Cl)cccc1Cl)C(=O)Cc1ccc(C)cc1.